The molecular weight excluding hydrogens is 364 g/mol. The van der Waals surface area contributed by atoms with Gasteiger partial charge < -0.3 is 20.1 Å². The van der Waals surface area contributed by atoms with E-state index in [1.807, 2.05) is 56.6 Å². The molecule has 6 heteroatoms. The van der Waals surface area contributed by atoms with Gasteiger partial charge in [0.25, 0.3) is 0 Å². The Hall–Kier alpha value is -3.40. The van der Waals surface area contributed by atoms with Crippen LogP contribution >= 0.6 is 0 Å². The Labute approximate surface area is 171 Å². The fraction of sp³-hybridized carbons (Fsp3) is 0.217. The van der Waals surface area contributed by atoms with Gasteiger partial charge in [-0.3, -0.25) is 0 Å². The third-order valence-electron chi connectivity index (χ3n) is 4.39. The predicted octanol–water partition coefficient (Wildman–Crippen LogP) is 3.91. The van der Waals surface area contributed by atoms with Gasteiger partial charge in [-0.25, -0.2) is 4.98 Å². The van der Waals surface area contributed by atoms with Crippen LogP contribution in [0.2, 0.25) is 0 Å². The van der Waals surface area contributed by atoms with E-state index in [-0.39, 0.29) is 12.6 Å². The number of nitriles is 1. The van der Waals surface area contributed by atoms with E-state index in [0.29, 0.717) is 17.0 Å². The summed E-state index contributed by atoms with van der Waals surface area (Å²) < 4.78 is 10.7. The highest BCUT2D eigenvalue weighted by molar-refractivity contribution is 5.81. The Balaban J connectivity index is 2.13. The summed E-state index contributed by atoms with van der Waals surface area (Å²) >= 11 is 0. The maximum Gasteiger partial charge on any atom is 0.188 e. The van der Waals surface area contributed by atoms with E-state index in [0.717, 1.165) is 28.8 Å². The van der Waals surface area contributed by atoms with E-state index in [2.05, 4.69) is 28.1 Å². The number of hydrogen-bond donors (Lipinski definition) is 1. The summed E-state index contributed by atoms with van der Waals surface area (Å²) in [6.45, 7) is 0.930. The minimum absolute atomic E-state index is 0.127. The number of nitrogen functional groups attached to an aromatic ring is 1. The highest BCUT2D eigenvalue weighted by Crippen LogP contribution is 2.35. The van der Waals surface area contributed by atoms with Gasteiger partial charge >= 0.3 is 0 Å². The summed E-state index contributed by atoms with van der Waals surface area (Å²) in [5, 5.41) is 9.69. The van der Waals surface area contributed by atoms with E-state index in [4.69, 9.17) is 15.2 Å². The number of ether oxygens (including phenoxy) is 2. The van der Waals surface area contributed by atoms with Crippen molar-refractivity contribution in [3.8, 4) is 34.2 Å². The zero-order valence-electron chi connectivity index (χ0n) is 16.8. The van der Waals surface area contributed by atoms with Gasteiger partial charge in [-0.2, -0.15) is 5.26 Å². The van der Waals surface area contributed by atoms with Crippen LogP contribution in [0, 0.1) is 11.3 Å². The largest absolute Gasteiger partial charge is 0.467 e. The minimum Gasteiger partial charge on any atom is -0.467 e. The van der Waals surface area contributed by atoms with Crippen LogP contribution in [0.25, 0.3) is 22.4 Å². The van der Waals surface area contributed by atoms with Crippen molar-refractivity contribution in [2.24, 2.45) is 0 Å². The molecule has 0 spiro atoms. The zero-order chi connectivity index (χ0) is 20.8. The first kappa shape index (κ1) is 20.3. The van der Waals surface area contributed by atoms with Crippen LogP contribution < -0.4 is 10.5 Å². The first-order valence-corrected chi connectivity index (χ1v) is 9.19. The molecule has 3 rings (SSSR count). The third kappa shape index (κ3) is 4.72. The summed E-state index contributed by atoms with van der Waals surface area (Å²) in [5.41, 5.74) is 10.8. The monoisotopic (exact) mass is 388 g/mol. The van der Waals surface area contributed by atoms with Gasteiger partial charge in [0.1, 0.15) is 23.2 Å². The fourth-order valence-electron chi connectivity index (χ4n) is 3.18. The molecule has 0 amide bonds. The number of anilines is 1. The van der Waals surface area contributed by atoms with Crippen molar-refractivity contribution in [2.45, 2.75) is 6.54 Å². The topological polar surface area (TPSA) is 84.4 Å². The Morgan fingerprint density at radius 3 is 2.59 bits per heavy atom. The van der Waals surface area contributed by atoms with Crippen LogP contribution in [0.1, 0.15) is 11.1 Å². The second-order valence-corrected chi connectivity index (χ2v) is 6.91. The van der Waals surface area contributed by atoms with Crippen molar-refractivity contribution in [1.29, 1.82) is 5.26 Å². The van der Waals surface area contributed by atoms with E-state index < -0.39 is 0 Å². The van der Waals surface area contributed by atoms with Crippen molar-refractivity contribution in [2.75, 3.05) is 33.7 Å². The third-order valence-corrected chi connectivity index (χ3v) is 4.39. The molecule has 0 fully saturated rings. The Bertz CT molecular complexity index is 1040. The zero-order valence-corrected chi connectivity index (χ0v) is 16.8. The number of benzene rings is 2. The maximum absolute atomic E-state index is 9.69. The first-order chi connectivity index (χ1) is 14.0. The summed E-state index contributed by atoms with van der Waals surface area (Å²) in [4.78, 5) is 6.56. The number of aromatic nitrogens is 1. The summed E-state index contributed by atoms with van der Waals surface area (Å²) in [6.07, 6.45) is 0. The van der Waals surface area contributed by atoms with E-state index in [1.54, 1.807) is 7.11 Å². The van der Waals surface area contributed by atoms with Crippen molar-refractivity contribution < 1.29 is 9.47 Å². The number of methoxy groups -OCH3 is 1. The lowest BCUT2D eigenvalue weighted by atomic mass is 9.97. The molecule has 1 aromatic heterocycles. The molecule has 0 bridgehead atoms. The molecule has 0 saturated carbocycles. The second-order valence-electron chi connectivity index (χ2n) is 6.91. The minimum atomic E-state index is 0.127. The lowest BCUT2D eigenvalue weighted by Crippen LogP contribution is -2.10. The smallest absolute Gasteiger partial charge is 0.188 e. The average Bonchev–Trinajstić information content (AvgIpc) is 2.71. The van der Waals surface area contributed by atoms with Gasteiger partial charge in [0.15, 0.2) is 6.79 Å². The SMILES string of the molecule is COCOc1ccccc1-c1cc(-c2cccc(CN(C)C)c2)c(C#N)c(N)n1. The highest BCUT2D eigenvalue weighted by Gasteiger charge is 2.16. The van der Waals surface area contributed by atoms with Crippen molar-refractivity contribution in [1.82, 2.24) is 9.88 Å². The summed E-state index contributed by atoms with van der Waals surface area (Å²) in [7, 11) is 5.61. The molecule has 2 N–H and O–H groups in total. The van der Waals surface area contributed by atoms with Gasteiger partial charge in [0.2, 0.25) is 0 Å². The number of para-hydroxylation sites is 1. The van der Waals surface area contributed by atoms with Crippen molar-refractivity contribution in [3.05, 3.63) is 65.7 Å². The van der Waals surface area contributed by atoms with Crippen molar-refractivity contribution >= 4 is 5.82 Å². The van der Waals surface area contributed by atoms with Crippen molar-refractivity contribution in [3.63, 3.8) is 0 Å². The van der Waals surface area contributed by atoms with Crippen LogP contribution in [0.4, 0.5) is 5.82 Å². The van der Waals surface area contributed by atoms with Crippen LogP contribution in [-0.4, -0.2) is 37.9 Å². The molecule has 0 atom stereocenters. The molecule has 0 saturated heterocycles. The van der Waals surface area contributed by atoms with Crippen LogP contribution in [0.15, 0.2) is 54.6 Å². The van der Waals surface area contributed by atoms with Gasteiger partial charge in [0, 0.05) is 24.8 Å². The average molecular weight is 388 g/mol. The Morgan fingerprint density at radius 2 is 1.86 bits per heavy atom. The highest BCUT2D eigenvalue weighted by atomic mass is 16.7. The number of pyridine rings is 1. The van der Waals surface area contributed by atoms with E-state index in [1.165, 1.54) is 0 Å². The lowest BCUT2D eigenvalue weighted by Gasteiger charge is -2.15. The molecule has 0 aliphatic heterocycles. The number of nitrogens with zero attached hydrogens (tertiary/aromatic N) is 3. The normalized spacial score (nSPS) is 10.7. The molecule has 0 radical (unpaired) electrons. The maximum atomic E-state index is 9.69. The molecule has 6 nitrogen and oxygen atoms in total. The number of hydrogen-bond acceptors (Lipinski definition) is 6. The lowest BCUT2D eigenvalue weighted by molar-refractivity contribution is 0.0515. The Morgan fingerprint density at radius 1 is 1.07 bits per heavy atom. The summed E-state index contributed by atoms with van der Waals surface area (Å²) in [6, 6.07) is 19.7. The van der Waals surface area contributed by atoms with E-state index in [9.17, 15) is 5.26 Å². The van der Waals surface area contributed by atoms with Crippen LogP contribution in [0.5, 0.6) is 5.75 Å². The van der Waals surface area contributed by atoms with Crippen LogP contribution in [0.3, 0.4) is 0 Å². The molecular formula is C23H24N4O2. The molecule has 1 heterocycles. The quantitative estimate of drug-likeness (QED) is 0.618. The molecule has 29 heavy (non-hydrogen) atoms. The fourth-order valence-corrected chi connectivity index (χ4v) is 3.18. The van der Waals surface area contributed by atoms with Gasteiger partial charge in [-0.15, -0.1) is 0 Å². The molecule has 3 aromatic rings. The molecule has 2 aromatic carbocycles. The molecule has 148 valence electrons. The predicted molar refractivity (Wildman–Crippen MR) is 114 cm³/mol. The van der Waals surface area contributed by atoms with Crippen LogP contribution in [-0.2, 0) is 11.3 Å². The standard InChI is InChI=1S/C23H24N4O2/c1-27(2)14-16-7-6-8-17(11-16)19-12-21(26-23(25)20(19)13-24)18-9-4-5-10-22(18)29-15-28-3/h4-12H,14-15H2,1-3H3,(H2,25,26). The first-order valence-electron chi connectivity index (χ1n) is 9.19. The van der Waals surface area contributed by atoms with Gasteiger partial charge in [-0.05, 0) is 49.5 Å². The molecule has 0 aliphatic rings. The molecule has 0 unspecified atom stereocenters. The number of nitrogens with two attached hydrogens (primary N) is 1. The molecule has 0 aliphatic carbocycles. The number of rotatable bonds is 7. The second kappa shape index (κ2) is 9.20. The van der Waals surface area contributed by atoms with Gasteiger partial charge in [0.05, 0.1) is 5.69 Å². The summed E-state index contributed by atoms with van der Waals surface area (Å²) in [5.74, 6) is 0.831. The van der Waals surface area contributed by atoms with E-state index >= 15 is 0 Å². The van der Waals surface area contributed by atoms with Gasteiger partial charge in [-0.1, -0.05) is 30.3 Å². The Kier molecular flexibility index (Phi) is 6.45.